The van der Waals surface area contributed by atoms with Gasteiger partial charge in [0.1, 0.15) is 6.29 Å². The number of hydrogen-bond donors (Lipinski definition) is 1. The molecule has 0 unspecified atom stereocenters. The van der Waals surface area contributed by atoms with Crippen LogP contribution in [0.5, 0.6) is 0 Å². The number of carbonyl (C=O) groups is 2. The molecule has 0 saturated carbocycles. The molecule has 13 heavy (non-hydrogen) atoms. The Balaban J connectivity index is 3.63. The Morgan fingerprint density at radius 1 is 1.46 bits per heavy atom. The van der Waals surface area contributed by atoms with Gasteiger partial charge in [-0.05, 0) is 6.42 Å². The summed E-state index contributed by atoms with van der Waals surface area (Å²) in [6, 6.07) is 0. The molecule has 0 rings (SSSR count). The maximum atomic E-state index is 11.1. The van der Waals surface area contributed by atoms with E-state index in [9.17, 15) is 9.59 Å². The van der Waals surface area contributed by atoms with E-state index in [1.54, 1.807) is 13.8 Å². The van der Waals surface area contributed by atoms with E-state index >= 15 is 0 Å². The highest BCUT2D eigenvalue weighted by Gasteiger charge is 2.16. The molecule has 0 radical (unpaired) electrons. The molecule has 0 saturated heterocycles. The average molecular weight is 185 g/mol. The van der Waals surface area contributed by atoms with E-state index in [4.69, 9.17) is 0 Å². The summed E-state index contributed by atoms with van der Waals surface area (Å²) in [5.41, 5.74) is -0.443. The number of hydrogen-bond acceptors (Lipinski definition) is 2. The molecule has 0 aromatic rings. The van der Waals surface area contributed by atoms with Gasteiger partial charge in [-0.25, -0.2) is 0 Å². The molecule has 1 amide bonds. The fourth-order valence-electron chi connectivity index (χ4n) is 0.794. The Hall–Kier alpha value is -0.860. The third-order valence-corrected chi connectivity index (χ3v) is 1.82. The van der Waals surface area contributed by atoms with Crippen molar-refractivity contribution >= 4 is 12.2 Å². The highest BCUT2D eigenvalue weighted by atomic mass is 16.1. The molecule has 3 nitrogen and oxygen atoms in total. The van der Waals surface area contributed by atoms with Crippen molar-refractivity contribution in [3.63, 3.8) is 0 Å². The van der Waals surface area contributed by atoms with Crippen LogP contribution in [-0.4, -0.2) is 18.7 Å². The van der Waals surface area contributed by atoms with E-state index < -0.39 is 5.41 Å². The van der Waals surface area contributed by atoms with Gasteiger partial charge >= 0.3 is 0 Å². The fourth-order valence-corrected chi connectivity index (χ4v) is 0.794. The molecule has 0 atom stereocenters. The van der Waals surface area contributed by atoms with Crippen LogP contribution >= 0.6 is 0 Å². The lowest BCUT2D eigenvalue weighted by atomic mass is 9.96. The van der Waals surface area contributed by atoms with Gasteiger partial charge in [-0.3, -0.25) is 4.79 Å². The number of unbranched alkanes of at least 4 members (excludes halogenated alkanes) is 1. The highest BCUT2D eigenvalue weighted by molar-refractivity contribution is 5.76. The van der Waals surface area contributed by atoms with Gasteiger partial charge in [-0.2, -0.15) is 0 Å². The van der Waals surface area contributed by atoms with Crippen LogP contribution in [0.4, 0.5) is 0 Å². The molecule has 0 heterocycles. The van der Waals surface area contributed by atoms with Crippen LogP contribution in [0.2, 0.25) is 0 Å². The standard InChI is InChI=1S/C10H19NO2/c1-4-5-6-9(13)11-7-10(2,3)8-12/h8H,4-7H2,1-3H3,(H,11,13). The molecule has 76 valence electrons. The van der Waals surface area contributed by atoms with Crippen molar-refractivity contribution in [3.8, 4) is 0 Å². The molecular formula is C10H19NO2. The predicted octanol–water partition coefficient (Wildman–Crippen LogP) is 1.52. The number of nitrogens with one attached hydrogen (secondary N) is 1. The normalized spacial score (nSPS) is 11.0. The largest absolute Gasteiger partial charge is 0.355 e. The van der Waals surface area contributed by atoms with E-state index in [2.05, 4.69) is 5.32 Å². The topological polar surface area (TPSA) is 46.2 Å². The van der Waals surface area contributed by atoms with Gasteiger partial charge in [0.25, 0.3) is 0 Å². The van der Waals surface area contributed by atoms with E-state index in [0.717, 1.165) is 19.1 Å². The lowest BCUT2D eigenvalue weighted by molar-refractivity contribution is -0.122. The lowest BCUT2D eigenvalue weighted by Crippen LogP contribution is -2.34. The summed E-state index contributed by atoms with van der Waals surface area (Å²) >= 11 is 0. The fraction of sp³-hybridized carbons (Fsp3) is 0.800. The summed E-state index contributed by atoms with van der Waals surface area (Å²) in [5.74, 6) is 0.0387. The van der Waals surface area contributed by atoms with Gasteiger partial charge in [0.05, 0.1) is 0 Å². The van der Waals surface area contributed by atoms with Crippen LogP contribution in [0.1, 0.15) is 40.0 Å². The zero-order chi connectivity index (χ0) is 10.3. The van der Waals surface area contributed by atoms with Gasteiger partial charge in [-0.15, -0.1) is 0 Å². The van der Waals surface area contributed by atoms with Crippen molar-refractivity contribution < 1.29 is 9.59 Å². The minimum Gasteiger partial charge on any atom is -0.355 e. The maximum absolute atomic E-state index is 11.1. The smallest absolute Gasteiger partial charge is 0.220 e. The minimum absolute atomic E-state index is 0.0387. The molecule has 0 aliphatic carbocycles. The Labute approximate surface area is 79.9 Å². The van der Waals surface area contributed by atoms with E-state index in [1.165, 1.54) is 0 Å². The van der Waals surface area contributed by atoms with Crippen molar-refractivity contribution in [1.82, 2.24) is 5.32 Å². The summed E-state index contributed by atoms with van der Waals surface area (Å²) in [6.07, 6.45) is 3.36. The third-order valence-electron chi connectivity index (χ3n) is 1.82. The maximum Gasteiger partial charge on any atom is 0.220 e. The Morgan fingerprint density at radius 3 is 2.54 bits per heavy atom. The molecular weight excluding hydrogens is 166 g/mol. The number of carbonyl (C=O) groups excluding carboxylic acids is 2. The molecule has 3 heteroatoms. The summed E-state index contributed by atoms with van der Waals surface area (Å²) in [4.78, 5) is 21.6. The first kappa shape index (κ1) is 12.1. The summed E-state index contributed by atoms with van der Waals surface area (Å²) in [6.45, 7) is 6.09. The van der Waals surface area contributed by atoms with Crippen LogP contribution in [-0.2, 0) is 9.59 Å². The first-order valence-corrected chi connectivity index (χ1v) is 4.75. The summed E-state index contributed by atoms with van der Waals surface area (Å²) in [7, 11) is 0. The van der Waals surface area contributed by atoms with Crippen molar-refractivity contribution in [3.05, 3.63) is 0 Å². The summed E-state index contributed by atoms with van der Waals surface area (Å²) < 4.78 is 0. The highest BCUT2D eigenvalue weighted by Crippen LogP contribution is 2.08. The molecule has 1 N–H and O–H groups in total. The van der Waals surface area contributed by atoms with Gasteiger partial charge in [-0.1, -0.05) is 27.2 Å². The van der Waals surface area contributed by atoms with E-state index in [1.807, 2.05) is 6.92 Å². The van der Waals surface area contributed by atoms with Gasteiger partial charge in [0.2, 0.25) is 5.91 Å². The van der Waals surface area contributed by atoms with Crippen LogP contribution in [0.15, 0.2) is 0 Å². The van der Waals surface area contributed by atoms with Crippen LogP contribution in [0.25, 0.3) is 0 Å². The monoisotopic (exact) mass is 185 g/mol. The van der Waals surface area contributed by atoms with E-state index in [-0.39, 0.29) is 5.91 Å². The zero-order valence-electron chi connectivity index (χ0n) is 8.72. The van der Waals surface area contributed by atoms with E-state index in [0.29, 0.717) is 13.0 Å². The van der Waals surface area contributed by atoms with Gasteiger partial charge in [0.15, 0.2) is 0 Å². The molecule has 0 bridgehead atoms. The van der Waals surface area contributed by atoms with Gasteiger partial charge < -0.3 is 10.1 Å². The second kappa shape index (κ2) is 5.73. The lowest BCUT2D eigenvalue weighted by Gasteiger charge is -2.16. The minimum atomic E-state index is -0.443. The van der Waals surface area contributed by atoms with Gasteiger partial charge in [0, 0.05) is 18.4 Å². The molecule has 0 aliphatic rings. The Kier molecular flexibility index (Phi) is 5.35. The predicted molar refractivity (Wildman–Crippen MR) is 52.4 cm³/mol. The SMILES string of the molecule is CCCCC(=O)NCC(C)(C)C=O. The summed E-state index contributed by atoms with van der Waals surface area (Å²) in [5, 5.41) is 2.74. The van der Waals surface area contributed by atoms with Crippen LogP contribution < -0.4 is 5.32 Å². The second-order valence-corrected chi connectivity index (χ2v) is 3.99. The number of amides is 1. The van der Waals surface area contributed by atoms with Crippen LogP contribution in [0.3, 0.4) is 0 Å². The third kappa shape index (κ3) is 6.31. The van der Waals surface area contributed by atoms with Crippen LogP contribution in [0, 0.1) is 5.41 Å². The zero-order valence-corrected chi connectivity index (χ0v) is 8.72. The quantitative estimate of drug-likeness (QED) is 0.638. The van der Waals surface area contributed by atoms with Crippen molar-refractivity contribution in [1.29, 1.82) is 0 Å². The first-order chi connectivity index (χ1) is 6.02. The Bertz CT molecular complexity index is 176. The van der Waals surface area contributed by atoms with Crippen molar-refractivity contribution in [2.24, 2.45) is 5.41 Å². The number of rotatable bonds is 6. The molecule has 0 aromatic heterocycles. The Morgan fingerprint density at radius 2 is 2.08 bits per heavy atom. The second-order valence-electron chi connectivity index (χ2n) is 3.99. The molecule has 0 aliphatic heterocycles. The first-order valence-electron chi connectivity index (χ1n) is 4.75. The average Bonchev–Trinajstić information content (AvgIpc) is 2.11. The molecule has 0 spiro atoms. The van der Waals surface area contributed by atoms with Crippen molar-refractivity contribution in [2.75, 3.05) is 6.54 Å². The van der Waals surface area contributed by atoms with Crippen molar-refractivity contribution in [2.45, 2.75) is 40.0 Å². The number of aldehydes is 1. The molecule has 0 aromatic carbocycles. The molecule has 0 fully saturated rings.